The van der Waals surface area contributed by atoms with Crippen molar-refractivity contribution in [2.24, 2.45) is 0 Å². The normalized spacial score (nSPS) is 13.8. The zero-order chi connectivity index (χ0) is 9.40. The quantitative estimate of drug-likeness (QED) is 0.453. The molecule has 4 nitrogen and oxygen atoms in total. The Hall–Kier alpha value is -1.16. The number of rotatable bonds is 2. The lowest BCUT2D eigenvalue weighted by atomic mass is 10.6. The first-order valence-electron chi connectivity index (χ1n) is 3.72. The van der Waals surface area contributed by atoms with Gasteiger partial charge in [-0.25, -0.2) is 9.59 Å². The van der Waals surface area contributed by atoms with Gasteiger partial charge in [-0.1, -0.05) is 0 Å². The molecular formula is C8H12O4. The first-order valence-corrected chi connectivity index (χ1v) is 3.72. The Labute approximate surface area is 71.2 Å². The van der Waals surface area contributed by atoms with Crippen LogP contribution in [0.2, 0.25) is 0 Å². The maximum atomic E-state index is 9.92. The molecule has 0 aliphatic carbocycles. The highest BCUT2D eigenvalue weighted by atomic mass is 16.6. The molecule has 0 aromatic heterocycles. The molecule has 0 fully saturated rings. The van der Waals surface area contributed by atoms with Crippen LogP contribution in [-0.2, 0) is 19.1 Å². The van der Waals surface area contributed by atoms with Crippen molar-refractivity contribution in [3.63, 3.8) is 0 Å². The zero-order valence-electron chi connectivity index (χ0n) is 7.20. The van der Waals surface area contributed by atoms with Crippen molar-refractivity contribution in [3.05, 3.63) is 12.2 Å². The topological polar surface area (TPSA) is 52.6 Å². The lowest BCUT2D eigenvalue weighted by Gasteiger charge is -1.86. The van der Waals surface area contributed by atoms with Crippen molar-refractivity contribution in [2.45, 2.75) is 13.8 Å². The second-order valence-corrected chi connectivity index (χ2v) is 1.85. The van der Waals surface area contributed by atoms with Crippen LogP contribution in [0.3, 0.4) is 0 Å². The first kappa shape index (κ1) is 10.8. The Morgan fingerprint density at radius 1 is 1.17 bits per heavy atom. The summed E-state index contributed by atoms with van der Waals surface area (Å²) in [6.45, 7) is 5.67. The van der Waals surface area contributed by atoms with Crippen molar-refractivity contribution in [3.8, 4) is 0 Å². The van der Waals surface area contributed by atoms with Crippen molar-refractivity contribution in [1.82, 2.24) is 0 Å². The average molecular weight is 172 g/mol. The lowest BCUT2D eigenvalue weighted by Crippen LogP contribution is -1.96. The standard InChI is InChI=1S/C4H2O3.C4H10O/c5-3-1-2-4(6)7-3;1-3-5-4-2/h1-2H;3-4H2,1-2H3. The monoisotopic (exact) mass is 172 g/mol. The van der Waals surface area contributed by atoms with E-state index in [1.165, 1.54) is 0 Å². The van der Waals surface area contributed by atoms with Gasteiger partial charge in [0.15, 0.2) is 0 Å². The molecule has 0 unspecified atom stereocenters. The van der Waals surface area contributed by atoms with Gasteiger partial charge in [0.05, 0.1) is 0 Å². The molecule has 12 heavy (non-hydrogen) atoms. The fourth-order valence-corrected chi connectivity index (χ4v) is 0.507. The van der Waals surface area contributed by atoms with Crippen LogP contribution < -0.4 is 0 Å². The van der Waals surface area contributed by atoms with Crippen molar-refractivity contribution in [2.75, 3.05) is 13.2 Å². The molecule has 1 rings (SSSR count). The highest BCUT2D eigenvalue weighted by molar-refractivity contribution is 6.04. The number of carbonyl (C=O) groups excluding carboxylic acids is 2. The van der Waals surface area contributed by atoms with Crippen LogP contribution in [-0.4, -0.2) is 25.2 Å². The molecule has 0 amide bonds. The highest BCUT2D eigenvalue weighted by Gasteiger charge is 2.10. The van der Waals surface area contributed by atoms with Gasteiger partial charge in [-0.15, -0.1) is 0 Å². The minimum atomic E-state index is -0.579. The molecule has 1 aliphatic heterocycles. The largest absolute Gasteiger partial charge is 0.387 e. The van der Waals surface area contributed by atoms with E-state index in [0.29, 0.717) is 0 Å². The smallest absolute Gasteiger partial charge is 0.338 e. The summed E-state index contributed by atoms with van der Waals surface area (Å²) in [5.41, 5.74) is 0. The van der Waals surface area contributed by atoms with Gasteiger partial charge in [0.25, 0.3) is 0 Å². The van der Waals surface area contributed by atoms with Crippen LogP contribution in [0.5, 0.6) is 0 Å². The van der Waals surface area contributed by atoms with E-state index in [1.54, 1.807) is 0 Å². The Morgan fingerprint density at radius 2 is 1.58 bits per heavy atom. The molecule has 4 heteroatoms. The minimum absolute atomic E-state index is 0.579. The fourth-order valence-electron chi connectivity index (χ4n) is 0.507. The van der Waals surface area contributed by atoms with E-state index in [1.807, 2.05) is 13.8 Å². The van der Waals surface area contributed by atoms with Crippen molar-refractivity contribution >= 4 is 11.9 Å². The molecular weight excluding hydrogens is 160 g/mol. The Balaban J connectivity index is 0.000000217. The third kappa shape index (κ3) is 5.61. The zero-order valence-corrected chi connectivity index (χ0v) is 7.20. The third-order valence-electron chi connectivity index (χ3n) is 0.965. The van der Waals surface area contributed by atoms with Crippen molar-refractivity contribution in [1.29, 1.82) is 0 Å². The van der Waals surface area contributed by atoms with Crippen LogP contribution in [0.15, 0.2) is 12.2 Å². The number of hydrogen-bond donors (Lipinski definition) is 0. The maximum absolute atomic E-state index is 9.92. The van der Waals surface area contributed by atoms with E-state index in [0.717, 1.165) is 25.4 Å². The number of hydrogen-bond acceptors (Lipinski definition) is 4. The van der Waals surface area contributed by atoms with Gasteiger partial charge in [-0.3, -0.25) is 0 Å². The number of carbonyl (C=O) groups is 2. The molecule has 0 aromatic rings. The number of ether oxygens (including phenoxy) is 2. The summed E-state index contributed by atoms with van der Waals surface area (Å²) >= 11 is 0. The van der Waals surface area contributed by atoms with E-state index in [2.05, 4.69) is 4.74 Å². The van der Waals surface area contributed by atoms with E-state index in [9.17, 15) is 9.59 Å². The lowest BCUT2D eigenvalue weighted by molar-refractivity contribution is -0.150. The van der Waals surface area contributed by atoms with Gasteiger partial charge in [0.1, 0.15) is 0 Å². The second-order valence-electron chi connectivity index (χ2n) is 1.85. The summed E-state index contributed by atoms with van der Waals surface area (Å²) in [5.74, 6) is -1.16. The molecule has 0 spiro atoms. The second kappa shape index (κ2) is 6.54. The predicted molar refractivity (Wildman–Crippen MR) is 42.4 cm³/mol. The van der Waals surface area contributed by atoms with Crippen LogP contribution in [0.1, 0.15) is 13.8 Å². The highest BCUT2D eigenvalue weighted by Crippen LogP contribution is 1.92. The maximum Gasteiger partial charge on any atom is 0.338 e. The van der Waals surface area contributed by atoms with Gasteiger partial charge in [0.2, 0.25) is 0 Å². The van der Waals surface area contributed by atoms with Gasteiger partial charge in [-0.2, -0.15) is 0 Å². The van der Waals surface area contributed by atoms with Crippen LogP contribution in [0.25, 0.3) is 0 Å². The molecule has 0 bridgehead atoms. The van der Waals surface area contributed by atoms with Gasteiger partial charge in [-0.05, 0) is 13.8 Å². The summed E-state index contributed by atoms with van der Waals surface area (Å²) in [6, 6.07) is 0. The van der Waals surface area contributed by atoms with Gasteiger partial charge in [0, 0.05) is 25.4 Å². The third-order valence-corrected chi connectivity index (χ3v) is 0.965. The molecule has 1 aliphatic rings. The average Bonchev–Trinajstić information content (AvgIpc) is 2.38. The molecule has 0 atom stereocenters. The van der Waals surface area contributed by atoms with Crippen LogP contribution >= 0.6 is 0 Å². The molecule has 0 aromatic carbocycles. The molecule has 0 N–H and O–H groups in total. The fraction of sp³-hybridized carbons (Fsp3) is 0.500. The van der Waals surface area contributed by atoms with Crippen LogP contribution in [0.4, 0.5) is 0 Å². The summed E-state index contributed by atoms with van der Waals surface area (Å²) < 4.78 is 8.81. The molecule has 0 saturated heterocycles. The summed E-state index contributed by atoms with van der Waals surface area (Å²) in [4.78, 5) is 19.8. The van der Waals surface area contributed by atoms with E-state index in [4.69, 9.17) is 4.74 Å². The summed E-state index contributed by atoms with van der Waals surface area (Å²) in [6.07, 6.45) is 2.17. The van der Waals surface area contributed by atoms with E-state index in [-0.39, 0.29) is 0 Å². The van der Waals surface area contributed by atoms with Crippen molar-refractivity contribution < 1.29 is 19.1 Å². The SMILES string of the molecule is CCOCC.O=C1C=CC(=O)O1. The van der Waals surface area contributed by atoms with E-state index < -0.39 is 11.9 Å². The minimum Gasteiger partial charge on any atom is -0.387 e. The molecule has 68 valence electrons. The number of cyclic esters (lactones) is 2. The summed E-state index contributed by atoms with van der Waals surface area (Å²) in [5, 5.41) is 0. The summed E-state index contributed by atoms with van der Waals surface area (Å²) in [7, 11) is 0. The Kier molecular flexibility index (Phi) is 5.91. The van der Waals surface area contributed by atoms with E-state index >= 15 is 0 Å². The molecule has 0 saturated carbocycles. The van der Waals surface area contributed by atoms with Gasteiger partial charge >= 0.3 is 11.9 Å². The first-order chi connectivity index (χ1) is 5.70. The number of esters is 2. The predicted octanol–water partition coefficient (Wildman–Crippen LogP) is 0.669. The van der Waals surface area contributed by atoms with Crippen LogP contribution in [0, 0.1) is 0 Å². The Bertz CT molecular complexity index is 165. The molecule has 0 radical (unpaired) electrons. The van der Waals surface area contributed by atoms with Gasteiger partial charge < -0.3 is 9.47 Å². The Morgan fingerprint density at radius 3 is 1.67 bits per heavy atom. The molecule has 1 heterocycles.